The number of hydrogen-bond donors (Lipinski definition) is 0. The second-order valence-corrected chi connectivity index (χ2v) is 7.58. The summed E-state index contributed by atoms with van der Waals surface area (Å²) in [4.78, 5) is 32.0. The molecular weight excluding hydrogens is 356 g/mol. The van der Waals surface area contributed by atoms with Gasteiger partial charge in [0.25, 0.3) is 5.56 Å². The lowest BCUT2D eigenvalue weighted by atomic mass is 9.96. The van der Waals surface area contributed by atoms with Crippen molar-refractivity contribution in [3.05, 3.63) is 53.5 Å². The van der Waals surface area contributed by atoms with E-state index in [1.165, 1.54) is 6.33 Å². The second kappa shape index (κ2) is 7.14. The molecule has 1 saturated heterocycles. The van der Waals surface area contributed by atoms with Gasteiger partial charge in [0, 0.05) is 31.6 Å². The highest BCUT2D eigenvalue weighted by molar-refractivity contribution is 5.39. The monoisotopic (exact) mass is 378 g/mol. The van der Waals surface area contributed by atoms with Crippen molar-refractivity contribution in [2.24, 2.45) is 5.92 Å². The van der Waals surface area contributed by atoms with E-state index >= 15 is 0 Å². The van der Waals surface area contributed by atoms with E-state index in [0.717, 1.165) is 56.8 Å². The van der Waals surface area contributed by atoms with Crippen LogP contribution in [0.15, 0.2) is 42.2 Å². The van der Waals surface area contributed by atoms with Crippen molar-refractivity contribution in [2.75, 3.05) is 18.0 Å². The Hall–Kier alpha value is -3.10. The first kappa shape index (κ1) is 17.0. The summed E-state index contributed by atoms with van der Waals surface area (Å²) in [5.74, 6) is 2.48. The summed E-state index contributed by atoms with van der Waals surface area (Å²) in [6.45, 7) is 2.51. The molecule has 0 atom stereocenters. The normalized spacial score (nSPS) is 17.8. The molecule has 1 aliphatic carbocycles. The summed E-state index contributed by atoms with van der Waals surface area (Å²) in [5.41, 5.74) is 1.03. The average Bonchev–Trinajstić information content (AvgIpc) is 3.44. The summed E-state index contributed by atoms with van der Waals surface area (Å²) < 4.78 is 3.37. The summed E-state index contributed by atoms with van der Waals surface area (Å²) in [6, 6.07) is 1.72. The first-order chi connectivity index (χ1) is 13.8. The molecule has 9 nitrogen and oxygen atoms in total. The van der Waals surface area contributed by atoms with E-state index in [1.807, 2.05) is 0 Å². The number of aromatic nitrogens is 7. The van der Waals surface area contributed by atoms with Crippen LogP contribution >= 0.6 is 0 Å². The molecule has 28 heavy (non-hydrogen) atoms. The number of hydrogen-bond acceptors (Lipinski definition) is 7. The van der Waals surface area contributed by atoms with Gasteiger partial charge in [-0.2, -0.15) is 5.10 Å². The van der Waals surface area contributed by atoms with E-state index in [9.17, 15) is 4.79 Å². The fourth-order valence-corrected chi connectivity index (χ4v) is 3.74. The number of rotatable bonds is 5. The smallest absolute Gasteiger partial charge is 0.253 e. The fourth-order valence-electron chi connectivity index (χ4n) is 3.74. The predicted molar refractivity (Wildman–Crippen MR) is 102 cm³/mol. The molecule has 2 fully saturated rings. The Labute approximate surface area is 162 Å². The minimum atomic E-state index is 0.0747. The van der Waals surface area contributed by atoms with Crippen molar-refractivity contribution < 1.29 is 0 Å². The van der Waals surface area contributed by atoms with E-state index in [-0.39, 0.29) is 5.56 Å². The van der Waals surface area contributed by atoms with Crippen LogP contribution in [0.4, 0.5) is 5.82 Å². The summed E-state index contributed by atoms with van der Waals surface area (Å²) in [5, 5.41) is 4.11. The quantitative estimate of drug-likeness (QED) is 0.662. The van der Waals surface area contributed by atoms with Gasteiger partial charge >= 0.3 is 0 Å². The lowest BCUT2D eigenvalue weighted by molar-refractivity contribution is 0.349. The molecule has 2 aliphatic rings. The van der Waals surface area contributed by atoms with E-state index in [0.29, 0.717) is 17.7 Å². The first-order valence-electron chi connectivity index (χ1n) is 9.74. The molecule has 0 spiro atoms. The van der Waals surface area contributed by atoms with Gasteiger partial charge in [0.05, 0.1) is 24.4 Å². The van der Waals surface area contributed by atoms with Gasteiger partial charge in [-0.25, -0.2) is 19.6 Å². The molecule has 3 aromatic heterocycles. The largest absolute Gasteiger partial charge is 0.355 e. The molecule has 0 unspecified atom stereocenters. The lowest BCUT2D eigenvalue weighted by Crippen LogP contribution is -2.37. The summed E-state index contributed by atoms with van der Waals surface area (Å²) in [6.07, 6.45) is 12.6. The molecule has 0 aromatic carbocycles. The topological polar surface area (TPSA) is 94.6 Å². The summed E-state index contributed by atoms with van der Waals surface area (Å²) in [7, 11) is 0. The molecule has 3 aromatic rings. The van der Waals surface area contributed by atoms with Crippen LogP contribution in [0.2, 0.25) is 0 Å². The predicted octanol–water partition coefficient (Wildman–Crippen LogP) is 1.41. The highest BCUT2D eigenvalue weighted by Gasteiger charge is 2.26. The third kappa shape index (κ3) is 3.51. The number of anilines is 1. The first-order valence-corrected chi connectivity index (χ1v) is 9.74. The Bertz CT molecular complexity index is 1000. The van der Waals surface area contributed by atoms with Gasteiger partial charge < -0.3 is 4.90 Å². The molecule has 0 N–H and O–H groups in total. The third-order valence-electron chi connectivity index (χ3n) is 5.55. The van der Waals surface area contributed by atoms with Crippen molar-refractivity contribution in [1.29, 1.82) is 0 Å². The zero-order valence-electron chi connectivity index (χ0n) is 15.6. The Balaban J connectivity index is 1.22. The van der Waals surface area contributed by atoms with E-state index in [2.05, 4.69) is 29.9 Å². The Morgan fingerprint density at radius 2 is 1.82 bits per heavy atom. The SMILES string of the molecule is O=c1cc(C2CC2)ncn1CC1CCN(c2cncc(-n3cncn3)n2)CC1. The maximum absolute atomic E-state index is 12.4. The molecule has 0 radical (unpaired) electrons. The zero-order chi connectivity index (χ0) is 18.9. The lowest BCUT2D eigenvalue weighted by Gasteiger charge is -2.32. The highest BCUT2D eigenvalue weighted by atomic mass is 16.1. The van der Waals surface area contributed by atoms with Crippen LogP contribution in [-0.4, -0.2) is 47.4 Å². The van der Waals surface area contributed by atoms with Crippen molar-refractivity contribution >= 4 is 5.82 Å². The Kier molecular flexibility index (Phi) is 4.34. The van der Waals surface area contributed by atoms with Crippen LogP contribution < -0.4 is 10.5 Å². The maximum Gasteiger partial charge on any atom is 0.253 e. The molecule has 144 valence electrons. The number of piperidine rings is 1. The molecule has 9 heteroatoms. The van der Waals surface area contributed by atoms with Crippen molar-refractivity contribution in [1.82, 2.24) is 34.3 Å². The van der Waals surface area contributed by atoms with Gasteiger partial charge in [0.15, 0.2) is 5.82 Å². The third-order valence-corrected chi connectivity index (χ3v) is 5.55. The Morgan fingerprint density at radius 3 is 2.54 bits per heavy atom. The van der Waals surface area contributed by atoms with E-state index in [1.54, 1.807) is 40.4 Å². The molecule has 1 saturated carbocycles. The maximum atomic E-state index is 12.4. The van der Waals surface area contributed by atoms with Gasteiger partial charge in [0.1, 0.15) is 18.5 Å². The Morgan fingerprint density at radius 1 is 1.00 bits per heavy atom. The van der Waals surface area contributed by atoms with Crippen LogP contribution in [0.25, 0.3) is 5.82 Å². The fraction of sp³-hybridized carbons (Fsp3) is 0.474. The van der Waals surface area contributed by atoms with Crippen molar-refractivity contribution in [3.63, 3.8) is 0 Å². The van der Waals surface area contributed by atoms with Crippen LogP contribution in [0, 0.1) is 5.92 Å². The van der Waals surface area contributed by atoms with Gasteiger partial charge in [-0.15, -0.1) is 0 Å². The van der Waals surface area contributed by atoms with Crippen LogP contribution in [0.1, 0.15) is 37.3 Å². The molecule has 5 rings (SSSR count). The molecular formula is C19H22N8O. The van der Waals surface area contributed by atoms with Gasteiger partial charge in [-0.05, 0) is 31.6 Å². The van der Waals surface area contributed by atoms with E-state index in [4.69, 9.17) is 0 Å². The molecule has 0 bridgehead atoms. The van der Waals surface area contributed by atoms with Gasteiger partial charge in [-0.1, -0.05) is 0 Å². The van der Waals surface area contributed by atoms with E-state index < -0.39 is 0 Å². The molecule has 0 amide bonds. The zero-order valence-corrected chi connectivity index (χ0v) is 15.6. The highest BCUT2D eigenvalue weighted by Crippen LogP contribution is 2.38. The van der Waals surface area contributed by atoms with Crippen LogP contribution in [0.5, 0.6) is 0 Å². The van der Waals surface area contributed by atoms with Crippen LogP contribution in [0.3, 0.4) is 0 Å². The standard InChI is InChI=1S/C19H22N8O/c28-19-7-16(15-1-2-15)22-13-26(19)10-14-3-5-25(6-4-14)17-8-20-9-18(24-17)27-12-21-11-23-27/h7-9,11-15H,1-6,10H2. The minimum absolute atomic E-state index is 0.0747. The number of nitrogens with zero attached hydrogens (tertiary/aromatic N) is 8. The molecule has 4 heterocycles. The second-order valence-electron chi connectivity index (χ2n) is 7.58. The summed E-state index contributed by atoms with van der Waals surface area (Å²) >= 11 is 0. The van der Waals surface area contributed by atoms with Crippen molar-refractivity contribution in [2.45, 2.75) is 38.1 Å². The van der Waals surface area contributed by atoms with Gasteiger partial charge in [0.2, 0.25) is 0 Å². The van der Waals surface area contributed by atoms with Gasteiger partial charge in [-0.3, -0.25) is 14.3 Å². The van der Waals surface area contributed by atoms with Crippen LogP contribution in [-0.2, 0) is 6.54 Å². The average molecular weight is 378 g/mol. The minimum Gasteiger partial charge on any atom is -0.355 e. The van der Waals surface area contributed by atoms with Crippen molar-refractivity contribution in [3.8, 4) is 5.82 Å². The molecule has 1 aliphatic heterocycles.